The van der Waals surface area contributed by atoms with Crippen LogP contribution in [0, 0.1) is 6.92 Å². The van der Waals surface area contributed by atoms with Crippen LogP contribution in [0.3, 0.4) is 0 Å². The van der Waals surface area contributed by atoms with Crippen LogP contribution in [0.1, 0.15) is 4.88 Å². The van der Waals surface area contributed by atoms with Gasteiger partial charge in [0.1, 0.15) is 0 Å². The fraction of sp³-hybridized carbons (Fsp3) is 0.500. The summed E-state index contributed by atoms with van der Waals surface area (Å²) in [7, 11) is 6.00. The van der Waals surface area contributed by atoms with E-state index in [9.17, 15) is 0 Å². The Labute approximate surface area is 67.3 Å². The molecule has 0 radical (unpaired) electrons. The molecule has 2 heteroatoms. The molecule has 0 aromatic carbocycles. The lowest BCUT2D eigenvalue weighted by molar-refractivity contribution is 0.505. The highest BCUT2D eigenvalue weighted by Crippen LogP contribution is 2.03. The van der Waals surface area contributed by atoms with E-state index in [0.717, 1.165) is 0 Å². The average Bonchev–Trinajstić information content (AvgIpc) is 2.15. The van der Waals surface area contributed by atoms with Gasteiger partial charge in [0, 0.05) is 4.88 Å². The first-order valence-corrected chi connectivity index (χ1v) is 4.12. The molecule has 0 unspecified atom stereocenters. The minimum Gasteiger partial charge on any atom is -0.312 e. The summed E-state index contributed by atoms with van der Waals surface area (Å²) in [4.78, 5) is 3.38. The zero-order chi connectivity index (χ0) is 7.98. The number of aryl methyl sites for hydroxylation is 1. The molecule has 0 aliphatic heterocycles. The molecule has 58 valence electrons. The quantitative estimate of drug-likeness (QED) is 0.558. The number of rotatable bonds is 0. The lowest BCUT2D eigenvalue weighted by Crippen LogP contribution is -1.99. The Hall–Kier alpha value is -0.340. The van der Waals surface area contributed by atoms with E-state index in [1.54, 1.807) is 11.3 Å². The van der Waals surface area contributed by atoms with Gasteiger partial charge in [-0.1, -0.05) is 6.07 Å². The van der Waals surface area contributed by atoms with Crippen molar-refractivity contribution in [2.45, 2.75) is 6.92 Å². The van der Waals surface area contributed by atoms with Crippen molar-refractivity contribution in [3.8, 4) is 0 Å². The molecule has 1 nitrogen and oxygen atoms in total. The van der Waals surface area contributed by atoms with Crippen LogP contribution in [0.15, 0.2) is 17.5 Å². The van der Waals surface area contributed by atoms with Gasteiger partial charge in [-0.25, -0.2) is 0 Å². The van der Waals surface area contributed by atoms with E-state index < -0.39 is 0 Å². The van der Waals surface area contributed by atoms with Crippen LogP contribution in [-0.4, -0.2) is 26.0 Å². The van der Waals surface area contributed by atoms with Gasteiger partial charge in [0.05, 0.1) is 0 Å². The highest BCUT2D eigenvalue weighted by molar-refractivity contribution is 7.09. The molecule has 1 rings (SSSR count). The van der Waals surface area contributed by atoms with Crippen LogP contribution >= 0.6 is 11.3 Å². The summed E-state index contributed by atoms with van der Waals surface area (Å²) >= 11 is 1.78. The lowest BCUT2D eigenvalue weighted by Gasteiger charge is -1.90. The molecule has 0 fully saturated rings. The van der Waals surface area contributed by atoms with E-state index in [4.69, 9.17) is 0 Å². The van der Waals surface area contributed by atoms with E-state index in [1.807, 2.05) is 26.0 Å². The van der Waals surface area contributed by atoms with Crippen LogP contribution in [0.4, 0.5) is 0 Å². The van der Waals surface area contributed by atoms with Gasteiger partial charge in [-0.05, 0) is 39.5 Å². The van der Waals surface area contributed by atoms with Crippen LogP contribution in [0.2, 0.25) is 0 Å². The number of thiophene rings is 1. The second-order valence-electron chi connectivity index (χ2n) is 2.57. The first-order valence-electron chi connectivity index (χ1n) is 3.24. The van der Waals surface area contributed by atoms with Crippen molar-refractivity contribution in [1.82, 2.24) is 4.90 Å². The summed E-state index contributed by atoms with van der Waals surface area (Å²) in [5.74, 6) is 0. The predicted molar refractivity (Wildman–Crippen MR) is 48.7 cm³/mol. The van der Waals surface area contributed by atoms with Gasteiger partial charge in [0.25, 0.3) is 0 Å². The molecule has 0 saturated carbocycles. The maximum Gasteiger partial charge on any atom is 0.00141 e. The largest absolute Gasteiger partial charge is 0.312 e. The van der Waals surface area contributed by atoms with Crippen LogP contribution in [0.5, 0.6) is 0 Å². The van der Waals surface area contributed by atoms with Crippen molar-refractivity contribution in [2.75, 3.05) is 21.1 Å². The Morgan fingerprint density at radius 1 is 1.30 bits per heavy atom. The molecule has 0 amide bonds. The van der Waals surface area contributed by atoms with Crippen molar-refractivity contribution >= 4 is 11.3 Å². The van der Waals surface area contributed by atoms with E-state index in [0.29, 0.717) is 0 Å². The van der Waals surface area contributed by atoms with Crippen molar-refractivity contribution in [3.63, 3.8) is 0 Å². The molecule has 0 spiro atoms. The zero-order valence-corrected chi connectivity index (χ0v) is 7.90. The van der Waals surface area contributed by atoms with Crippen LogP contribution in [-0.2, 0) is 0 Å². The maximum absolute atomic E-state index is 2.10. The second kappa shape index (κ2) is 5.45. The standard InChI is InChI=1S/C5H6S.C3H9N/c1-5-3-2-4-6-5;1-4(2)3/h2-4H,1H3;1-3H3. The first kappa shape index (κ1) is 9.66. The van der Waals surface area contributed by atoms with Gasteiger partial charge in [-0.3, -0.25) is 0 Å². The van der Waals surface area contributed by atoms with Gasteiger partial charge in [0.2, 0.25) is 0 Å². The smallest absolute Gasteiger partial charge is 0.00141 e. The summed E-state index contributed by atoms with van der Waals surface area (Å²) < 4.78 is 0. The van der Waals surface area contributed by atoms with Crippen molar-refractivity contribution < 1.29 is 0 Å². The number of hydrogen-bond acceptors (Lipinski definition) is 2. The normalized spacial score (nSPS) is 8.90. The Kier molecular flexibility index (Phi) is 5.26. The Morgan fingerprint density at radius 2 is 1.80 bits per heavy atom. The van der Waals surface area contributed by atoms with E-state index >= 15 is 0 Å². The SMILES string of the molecule is CN(C)C.Cc1cccs1. The molecule has 1 aromatic rings. The van der Waals surface area contributed by atoms with E-state index in [2.05, 4.69) is 24.4 Å². The van der Waals surface area contributed by atoms with Gasteiger partial charge in [0.15, 0.2) is 0 Å². The summed E-state index contributed by atoms with van der Waals surface area (Å²) in [5.41, 5.74) is 0. The third kappa shape index (κ3) is 7.66. The number of hydrogen-bond donors (Lipinski definition) is 0. The molecule has 0 atom stereocenters. The monoisotopic (exact) mass is 157 g/mol. The average molecular weight is 157 g/mol. The van der Waals surface area contributed by atoms with Crippen molar-refractivity contribution in [3.05, 3.63) is 22.4 Å². The molecule has 0 N–H and O–H groups in total. The summed E-state index contributed by atoms with van der Waals surface area (Å²) in [6.07, 6.45) is 0. The molecule has 0 aliphatic carbocycles. The minimum absolute atomic E-state index is 1.38. The molecular weight excluding hydrogens is 142 g/mol. The fourth-order valence-electron chi connectivity index (χ4n) is 0.361. The minimum atomic E-state index is 1.38. The van der Waals surface area contributed by atoms with E-state index in [-0.39, 0.29) is 0 Å². The number of nitrogens with zero attached hydrogens (tertiary/aromatic N) is 1. The topological polar surface area (TPSA) is 3.24 Å². The van der Waals surface area contributed by atoms with Gasteiger partial charge in [-0.15, -0.1) is 11.3 Å². The van der Waals surface area contributed by atoms with Crippen LogP contribution < -0.4 is 0 Å². The van der Waals surface area contributed by atoms with Gasteiger partial charge >= 0.3 is 0 Å². The van der Waals surface area contributed by atoms with Crippen LogP contribution in [0.25, 0.3) is 0 Å². The molecule has 1 heterocycles. The lowest BCUT2D eigenvalue weighted by atomic mass is 10.5. The summed E-state index contributed by atoms with van der Waals surface area (Å²) in [6.45, 7) is 2.10. The Morgan fingerprint density at radius 3 is 1.90 bits per heavy atom. The van der Waals surface area contributed by atoms with Gasteiger partial charge in [-0.2, -0.15) is 0 Å². The third-order valence-corrected chi connectivity index (χ3v) is 1.46. The third-order valence-electron chi connectivity index (χ3n) is 0.663. The summed E-state index contributed by atoms with van der Waals surface area (Å²) in [6, 6.07) is 4.16. The molecular formula is C8H15NS. The maximum atomic E-state index is 2.10. The molecule has 0 aliphatic rings. The van der Waals surface area contributed by atoms with Crippen molar-refractivity contribution in [2.24, 2.45) is 0 Å². The summed E-state index contributed by atoms with van der Waals surface area (Å²) in [5, 5.41) is 2.08. The molecule has 10 heavy (non-hydrogen) atoms. The fourth-order valence-corrected chi connectivity index (χ4v) is 0.890. The highest BCUT2D eigenvalue weighted by atomic mass is 32.1. The highest BCUT2D eigenvalue weighted by Gasteiger charge is 1.74. The zero-order valence-electron chi connectivity index (χ0n) is 7.09. The van der Waals surface area contributed by atoms with E-state index in [1.165, 1.54) is 4.88 Å². The molecule has 1 aromatic heterocycles. The molecule has 0 bridgehead atoms. The first-order chi connectivity index (χ1) is 4.63. The Bertz CT molecular complexity index is 142. The predicted octanol–water partition coefficient (Wildman–Crippen LogP) is 2.23. The molecule has 0 saturated heterocycles. The second-order valence-corrected chi connectivity index (χ2v) is 3.72. The van der Waals surface area contributed by atoms with Crippen molar-refractivity contribution in [1.29, 1.82) is 0 Å². The Balaban J connectivity index is 0.000000180. The van der Waals surface area contributed by atoms with Gasteiger partial charge < -0.3 is 4.90 Å².